The Labute approximate surface area is 58.4 Å². The van der Waals surface area contributed by atoms with Crippen molar-refractivity contribution >= 4 is 23.1 Å². The fourth-order valence-electron chi connectivity index (χ4n) is 0. The highest BCUT2D eigenvalue weighted by Gasteiger charge is 1.84. The molecule has 0 atom stereocenters. The largest absolute Gasteiger partial charge is 0.369 e. The first-order chi connectivity index (χ1) is 2.00. The van der Waals surface area contributed by atoms with Gasteiger partial charge in [-0.3, -0.25) is 0 Å². The van der Waals surface area contributed by atoms with Gasteiger partial charge in [-0.25, -0.2) is 18.6 Å². The van der Waals surface area contributed by atoms with E-state index in [2.05, 4.69) is 0 Å². The predicted octanol–water partition coefficient (Wildman–Crippen LogP) is -4.76. The maximum Gasteiger partial charge on any atom is 0 e. The van der Waals surface area contributed by atoms with Crippen molar-refractivity contribution in [2.45, 2.75) is 0 Å². The van der Waals surface area contributed by atoms with E-state index in [0.29, 0.717) is 0 Å². The van der Waals surface area contributed by atoms with Gasteiger partial charge in [0.15, 0.2) is 0 Å². The molecule has 0 aromatic heterocycles. The Morgan fingerprint density at radius 1 is 0.857 bits per heavy atom. The van der Waals surface area contributed by atoms with Crippen molar-refractivity contribution in [2.75, 3.05) is 0 Å². The average molecular weight is 142 g/mol. The molecule has 4 N–H and O–H groups in total. The summed E-state index contributed by atoms with van der Waals surface area (Å²) >= 11 is 0. The van der Waals surface area contributed by atoms with E-state index in [-0.39, 0.29) is 29.2 Å². The standard InChI is InChI=1S/ClHO4.Mg.H3N/c2-1(3,4)5;;/h(H,2,3,4,5);;1H3. The second-order valence-corrected chi connectivity index (χ2v) is 1.13. The molecule has 7 heteroatoms. The van der Waals surface area contributed by atoms with E-state index in [1.54, 1.807) is 0 Å². The molecule has 42 valence electrons. The van der Waals surface area contributed by atoms with Gasteiger partial charge in [-0.05, 0) is 0 Å². The first-order valence-electron chi connectivity index (χ1n) is 0.617. The van der Waals surface area contributed by atoms with Crippen LogP contribution in [0.3, 0.4) is 0 Å². The molecular weight excluding hydrogens is 138 g/mol. The van der Waals surface area contributed by atoms with Gasteiger partial charge in [-0.2, -0.15) is 0 Å². The van der Waals surface area contributed by atoms with Gasteiger partial charge < -0.3 is 6.15 Å². The summed E-state index contributed by atoms with van der Waals surface area (Å²) in [6, 6.07) is 0. The molecule has 0 aliphatic rings. The van der Waals surface area contributed by atoms with Crippen LogP contribution >= 0.6 is 0 Å². The summed E-state index contributed by atoms with van der Waals surface area (Å²) in [5, 5.41) is 0. The van der Waals surface area contributed by atoms with Crippen LogP contribution in [0.4, 0.5) is 0 Å². The van der Waals surface area contributed by atoms with Crippen LogP contribution in [0, 0.1) is 10.2 Å². The molecule has 7 heavy (non-hydrogen) atoms. The fourth-order valence-corrected chi connectivity index (χ4v) is 0. The monoisotopic (exact) mass is 141 g/mol. The van der Waals surface area contributed by atoms with Crippen molar-refractivity contribution in [2.24, 2.45) is 0 Å². The molecule has 0 bridgehead atoms. The molecule has 0 fully saturated rings. The summed E-state index contributed by atoms with van der Waals surface area (Å²) in [6.45, 7) is 0. The first-order valence-corrected chi connectivity index (χ1v) is 1.85. The first kappa shape index (κ1) is 15.7. The van der Waals surface area contributed by atoms with Gasteiger partial charge in [-0.1, -0.05) is 0 Å². The Bertz CT molecular complexity index is 27.2. The molecule has 0 saturated heterocycles. The van der Waals surface area contributed by atoms with E-state index in [1.165, 1.54) is 0 Å². The van der Waals surface area contributed by atoms with Crippen LogP contribution in [0.1, 0.15) is 0 Å². The number of quaternary nitrogens is 1. The number of halogens is 1. The van der Waals surface area contributed by atoms with Gasteiger partial charge >= 0.3 is 0 Å². The van der Waals surface area contributed by atoms with E-state index in [0.717, 1.165) is 0 Å². The lowest BCUT2D eigenvalue weighted by molar-refractivity contribution is -2.00. The van der Waals surface area contributed by atoms with Crippen molar-refractivity contribution in [3.05, 3.63) is 0 Å². The maximum absolute atomic E-state index is 8.49. The van der Waals surface area contributed by atoms with Crippen LogP contribution in [-0.4, -0.2) is 23.1 Å². The zero-order valence-corrected chi connectivity index (χ0v) is 5.89. The quantitative estimate of drug-likeness (QED) is 0.340. The fraction of sp³-hybridized carbons (Fsp3) is 0. The minimum Gasteiger partial charge on any atom is -0.369 e. The zero-order chi connectivity index (χ0) is 4.50. The van der Waals surface area contributed by atoms with Crippen molar-refractivity contribution in [1.82, 2.24) is 6.15 Å². The molecule has 0 amide bonds. The number of hydrogen-bond acceptors (Lipinski definition) is 4. The summed E-state index contributed by atoms with van der Waals surface area (Å²) in [4.78, 5) is 0. The summed E-state index contributed by atoms with van der Waals surface area (Å²) in [6.07, 6.45) is 0. The van der Waals surface area contributed by atoms with E-state index in [1.807, 2.05) is 0 Å². The minimum absolute atomic E-state index is 0. The SMILES string of the molecule is [Mg].[NH4+].[O-][Cl+3]([O-])([O-])[O-]. The Balaban J connectivity index is -0.0000000800. The Morgan fingerprint density at radius 2 is 0.857 bits per heavy atom. The van der Waals surface area contributed by atoms with Crippen LogP contribution < -0.4 is 24.8 Å². The van der Waals surface area contributed by atoms with Crippen LogP contribution in [0.15, 0.2) is 0 Å². The van der Waals surface area contributed by atoms with Crippen LogP contribution in [0.2, 0.25) is 0 Å². The van der Waals surface area contributed by atoms with Crippen LogP contribution in [-0.2, 0) is 0 Å². The van der Waals surface area contributed by atoms with Gasteiger partial charge in [0.05, 0.1) is 0 Å². The molecule has 0 aromatic rings. The molecule has 0 aromatic carbocycles. The lowest BCUT2D eigenvalue weighted by Crippen LogP contribution is -2.68. The third-order valence-corrected chi connectivity index (χ3v) is 0. The van der Waals surface area contributed by atoms with Crippen molar-refractivity contribution in [3.63, 3.8) is 0 Å². The van der Waals surface area contributed by atoms with Crippen molar-refractivity contribution in [3.8, 4) is 0 Å². The molecule has 0 rings (SSSR count). The Kier molecular flexibility index (Phi) is 11.2. The molecule has 0 heterocycles. The lowest BCUT2D eigenvalue weighted by atomic mass is 14.0. The van der Waals surface area contributed by atoms with Crippen LogP contribution in [0.5, 0.6) is 0 Å². The maximum atomic E-state index is 8.49. The van der Waals surface area contributed by atoms with Gasteiger partial charge in [0.2, 0.25) is 0 Å². The number of rotatable bonds is 0. The zero-order valence-electron chi connectivity index (χ0n) is 3.72. The summed E-state index contributed by atoms with van der Waals surface area (Å²) in [5.74, 6) is 0. The van der Waals surface area contributed by atoms with Gasteiger partial charge in [0, 0.05) is 23.1 Å². The Morgan fingerprint density at radius 3 is 0.857 bits per heavy atom. The highest BCUT2D eigenvalue weighted by molar-refractivity contribution is 5.75. The summed E-state index contributed by atoms with van der Waals surface area (Å²) < 4.78 is 34.0. The van der Waals surface area contributed by atoms with Gasteiger partial charge in [0.1, 0.15) is 0 Å². The van der Waals surface area contributed by atoms with Crippen molar-refractivity contribution in [1.29, 1.82) is 0 Å². The van der Waals surface area contributed by atoms with Gasteiger partial charge in [0.25, 0.3) is 0 Å². The third kappa shape index (κ3) is 221. The third-order valence-electron chi connectivity index (χ3n) is 0. The highest BCUT2D eigenvalue weighted by Crippen LogP contribution is 1.49. The van der Waals surface area contributed by atoms with Crippen molar-refractivity contribution < 1.29 is 28.9 Å². The predicted molar refractivity (Wildman–Crippen MR) is 11.7 cm³/mol. The molecule has 0 saturated carbocycles. The topological polar surface area (TPSA) is 129 Å². The molecule has 0 unspecified atom stereocenters. The van der Waals surface area contributed by atoms with E-state index < -0.39 is 10.2 Å². The minimum atomic E-state index is -4.94. The molecule has 2 radical (unpaired) electrons. The molecule has 0 aliphatic heterocycles. The number of hydrogen-bond donors (Lipinski definition) is 1. The van der Waals surface area contributed by atoms with E-state index in [9.17, 15) is 0 Å². The highest BCUT2D eigenvalue weighted by atomic mass is 35.7. The average Bonchev–Trinajstić information content (AvgIpc) is 0.722. The Hall–Kier alpha value is 0.856. The molecule has 0 aliphatic carbocycles. The van der Waals surface area contributed by atoms with Crippen LogP contribution in [0.25, 0.3) is 0 Å². The van der Waals surface area contributed by atoms with Gasteiger partial charge in [-0.15, -0.1) is 10.2 Å². The molecule has 0 spiro atoms. The molecular formula is H4ClMgNO4. The smallest absolute Gasteiger partial charge is 0 e. The molecule has 5 nitrogen and oxygen atoms in total. The normalized spacial score (nSPS) is 8.57. The van der Waals surface area contributed by atoms with E-state index in [4.69, 9.17) is 18.6 Å². The second kappa shape index (κ2) is 5.00. The summed E-state index contributed by atoms with van der Waals surface area (Å²) in [5.41, 5.74) is 0. The second-order valence-electron chi connectivity index (χ2n) is 0.378. The summed E-state index contributed by atoms with van der Waals surface area (Å²) in [7, 11) is -4.94. The lowest BCUT2D eigenvalue weighted by Gasteiger charge is -2.17. The van der Waals surface area contributed by atoms with E-state index >= 15 is 0 Å².